The Hall–Kier alpha value is -3.11. The second kappa shape index (κ2) is 15.9. The van der Waals surface area contributed by atoms with Gasteiger partial charge in [0.2, 0.25) is 5.91 Å². The quantitative estimate of drug-likeness (QED) is 0.406. The Morgan fingerprint density at radius 2 is 1.47 bits per heavy atom. The zero-order valence-corrected chi connectivity index (χ0v) is 25.4. The number of hydrogen-bond donors (Lipinski definition) is 3. The van der Waals surface area contributed by atoms with Gasteiger partial charge in [0.05, 0.1) is 25.2 Å². The largest absolute Gasteiger partial charge is 0.490 e. The fourth-order valence-corrected chi connectivity index (χ4v) is 5.36. The van der Waals surface area contributed by atoms with Crippen LogP contribution in [0.2, 0.25) is 0 Å². The van der Waals surface area contributed by atoms with Crippen molar-refractivity contribution >= 4 is 23.5 Å². The first kappa shape index (κ1) is 38.1. The number of aliphatic hydroxyl groups excluding tert-OH is 1. The van der Waals surface area contributed by atoms with Crippen molar-refractivity contribution in [3.63, 3.8) is 0 Å². The smallest absolute Gasteiger partial charge is 0.475 e. The number of alkyl halides is 6. The van der Waals surface area contributed by atoms with Crippen molar-refractivity contribution in [2.24, 2.45) is 11.3 Å². The molecule has 1 amide bonds. The van der Waals surface area contributed by atoms with E-state index in [0.29, 0.717) is 12.3 Å². The van der Waals surface area contributed by atoms with Crippen molar-refractivity contribution in [2.75, 3.05) is 58.3 Å². The van der Waals surface area contributed by atoms with E-state index in [1.54, 1.807) is 0 Å². The maximum atomic E-state index is 12.8. The average molecular weight is 658 g/mol. The lowest BCUT2D eigenvalue weighted by Crippen LogP contribution is -2.46. The number of likely N-dealkylation sites (tertiary alicyclic amines) is 2. The van der Waals surface area contributed by atoms with Crippen LogP contribution in [0.15, 0.2) is 24.3 Å². The number of nitrogens with zero attached hydrogens (tertiary/aromatic N) is 3. The number of halogens is 6. The van der Waals surface area contributed by atoms with E-state index in [1.807, 2.05) is 19.0 Å². The summed E-state index contributed by atoms with van der Waals surface area (Å²) in [6.45, 7) is 7.39. The Balaban J connectivity index is 0.000000421. The van der Waals surface area contributed by atoms with Crippen LogP contribution in [0.1, 0.15) is 38.2 Å². The van der Waals surface area contributed by atoms with Gasteiger partial charge < -0.3 is 29.9 Å². The Morgan fingerprint density at radius 3 is 1.91 bits per heavy atom. The van der Waals surface area contributed by atoms with Crippen LogP contribution >= 0.6 is 0 Å². The number of rotatable bonds is 5. The molecule has 0 bridgehead atoms. The number of carbonyl (C=O) groups is 3. The van der Waals surface area contributed by atoms with Crippen molar-refractivity contribution in [1.82, 2.24) is 9.80 Å². The highest BCUT2D eigenvalue weighted by atomic mass is 19.4. The molecule has 3 aliphatic heterocycles. The SMILES string of the molecule is C[C@@H]1CCN(CC2CC3(CCN(C(=O)Cc4ccc(N(C)C)cc4)CC3)CO2)C[C@H]1O.O=C(O)C(F)(F)F.O=C(O)C(F)(F)F. The monoisotopic (exact) mass is 657 g/mol. The molecular weight excluding hydrogens is 616 g/mol. The highest BCUT2D eigenvalue weighted by Crippen LogP contribution is 2.42. The van der Waals surface area contributed by atoms with Crippen molar-refractivity contribution in [2.45, 2.75) is 63.6 Å². The highest BCUT2D eigenvalue weighted by Gasteiger charge is 2.44. The third-order valence-electron chi connectivity index (χ3n) is 8.22. The summed E-state index contributed by atoms with van der Waals surface area (Å²) in [7, 11) is 4.05. The Bertz CT molecular complexity index is 1100. The lowest BCUT2D eigenvalue weighted by molar-refractivity contribution is -0.193. The number of carbonyl (C=O) groups excluding carboxylic acids is 1. The number of carboxylic acids is 2. The van der Waals surface area contributed by atoms with Gasteiger partial charge in [-0.3, -0.25) is 9.69 Å². The van der Waals surface area contributed by atoms with E-state index in [2.05, 4.69) is 41.0 Å². The maximum absolute atomic E-state index is 12.8. The second-order valence-corrected chi connectivity index (χ2v) is 12.0. The molecule has 0 aliphatic carbocycles. The number of amides is 1. The van der Waals surface area contributed by atoms with Gasteiger partial charge in [0.1, 0.15) is 0 Å². The molecule has 3 fully saturated rings. The van der Waals surface area contributed by atoms with Gasteiger partial charge in [0, 0.05) is 46.0 Å². The molecule has 3 atom stereocenters. The fraction of sp³-hybridized carbons (Fsp3) is 0.690. The highest BCUT2D eigenvalue weighted by molar-refractivity contribution is 5.79. The minimum Gasteiger partial charge on any atom is -0.475 e. The number of aliphatic hydroxyl groups is 1. The van der Waals surface area contributed by atoms with E-state index in [-0.39, 0.29) is 23.5 Å². The summed E-state index contributed by atoms with van der Waals surface area (Å²) in [6.07, 6.45) is -5.41. The van der Waals surface area contributed by atoms with E-state index in [1.165, 1.54) is 0 Å². The van der Waals surface area contributed by atoms with Crippen molar-refractivity contribution in [3.05, 3.63) is 29.8 Å². The first-order chi connectivity index (χ1) is 20.7. The van der Waals surface area contributed by atoms with Crippen LogP contribution in [-0.4, -0.2) is 121 Å². The number of hydrogen-bond acceptors (Lipinski definition) is 7. The van der Waals surface area contributed by atoms with Gasteiger partial charge in [-0.1, -0.05) is 19.1 Å². The molecule has 1 unspecified atom stereocenters. The van der Waals surface area contributed by atoms with Crippen LogP contribution in [0.25, 0.3) is 0 Å². The van der Waals surface area contributed by atoms with E-state index in [4.69, 9.17) is 24.5 Å². The number of anilines is 1. The molecule has 10 nitrogen and oxygen atoms in total. The Labute approximate surface area is 257 Å². The predicted octanol–water partition coefficient (Wildman–Crippen LogP) is 3.66. The van der Waals surface area contributed by atoms with Crippen LogP contribution in [0.5, 0.6) is 0 Å². The van der Waals surface area contributed by atoms with Crippen molar-refractivity contribution in [1.29, 1.82) is 0 Å². The molecule has 1 aromatic carbocycles. The minimum absolute atomic E-state index is 0.211. The zero-order chi connectivity index (χ0) is 34.2. The summed E-state index contributed by atoms with van der Waals surface area (Å²) >= 11 is 0. The summed E-state index contributed by atoms with van der Waals surface area (Å²) in [5, 5.41) is 24.4. The number of aliphatic carboxylic acids is 2. The van der Waals surface area contributed by atoms with Gasteiger partial charge in [-0.25, -0.2) is 9.59 Å². The predicted molar refractivity (Wildman–Crippen MR) is 151 cm³/mol. The second-order valence-electron chi connectivity index (χ2n) is 12.0. The number of piperidine rings is 2. The molecule has 45 heavy (non-hydrogen) atoms. The number of benzene rings is 1. The van der Waals surface area contributed by atoms with Gasteiger partial charge in [-0.15, -0.1) is 0 Å². The molecule has 3 aliphatic rings. The fourth-order valence-electron chi connectivity index (χ4n) is 5.36. The zero-order valence-electron chi connectivity index (χ0n) is 25.4. The van der Waals surface area contributed by atoms with E-state index in [0.717, 1.165) is 76.3 Å². The molecule has 0 saturated carbocycles. The third kappa shape index (κ3) is 12.3. The maximum Gasteiger partial charge on any atom is 0.490 e. The standard InChI is InChI=1S/C25H39N3O3.2C2HF3O2/c1-19-8-11-27(17-23(19)29)16-22-15-25(18-31-22)9-12-28(13-10-25)24(30)14-20-4-6-21(7-5-20)26(2)3;2*3-2(4,5)1(6)7/h4-7,19,22-23,29H,8-18H2,1-3H3;2*(H,6,7)/t19-,22?,23-;;/m1../s1. The van der Waals surface area contributed by atoms with Crippen LogP contribution in [-0.2, 0) is 25.5 Å². The molecule has 3 N–H and O–H groups in total. The molecule has 1 aromatic rings. The van der Waals surface area contributed by atoms with Gasteiger partial charge >= 0.3 is 24.3 Å². The van der Waals surface area contributed by atoms with Crippen LogP contribution < -0.4 is 4.90 Å². The molecule has 0 aromatic heterocycles. The van der Waals surface area contributed by atoms with Crippen LogP contribution in [0, 0.1) is 11.3 Å². The molecule has 4 rings (SSSR count). The van der Waals surface area contributed by atoms with Crippen molar-refractivity contribution in [3.8, 4) is 0 Å². The first-order valence-corrected chi connectivity index (χ1v) is 14.4. The molecular formula is C29H41F6N3O7. The van der Waals surface area contributed by atoms with Gasteiger partial charge in [-0.05, 0) is 61.3 Å². The molecule has 0 radical (unpaired) electrons. The summed E-state index contributed by atoms with van der Waals surface area (Å²) in [5.74, 6) is -4.88. The summed E-state index contributed by atoms with van der Waals surface area (Å²) in [4.78, 5) is 37.1. The number of carboxylic acid groups (broad SMARTS) is 2. The van der Waals surface area contributed by atoms with Gasteiger partial charge in [-0.2, -0.15) is 26.3 Å². The lowest BCUT2D eigenvalue weighted by atomic mass is 9.76. The summed E-state index contributed by atoms with van der Waals surface area (Å²) in [5.41, 5.74) is 2.47. The lowest BCUT2D eigenvalue weighted by Gasteiger charge is -2.39. The Morgan fingerprint density at radius 1 is 0.956 bits per heavy atom. The summed E-state index contributed by atoms with van der Waals surface area (Å²) in [6, 6.07) is 8.27. The van der Waals surface area contributed by atoms with Crippen LogP contribution in [0.4, 0.5) is 32.0 Å². The summed E-state index contributed by atoms with van der Waals surface area (Å²) < 4.78 is 69.7. The topological polar surface area (TPSA) is 131 Å². The first-order valence-electron chi connectivity index (χ1n) is 14.4. The third-order valence-corrected chi connectivity index (χ3v) is 8.22. The van der Waals surface area contributed by atoms with Crippen molar-refractivity contribution < 1.29 is 60.8 Å². The van der Waals surface area contributed by atoms with Gasteiger partial charge in [0.15, 0.2) is 0 Å². The normalized spacial score (nSPS) is 23.3. The molecule has 1 spiro atoms. The molecule has 256 valence electrons. The van der Waals surface area contributed by atoms with E-state index < -0.39 is 24.3 Å². The molecule has 3 heterocycles. The van der Waals surface area contributed by atoms with E-state index >= 15 is 0 Å². The Kier molecular flexibility index (Phi) is 13.5. The number of ether oxygens (including phenoxy) is 1. The number of β-amino-alcohol motifs (C(OH)–C–C–N with tert-alkyl or cyclic N) is 1. The van der Waals surface area contributed by atoms with E-state index in [9.17, 15) is 36.2 Å². The van der Waals surface area contributed by atoms with Crippen LogP contribution in [0.3, 0.4) is 0 Å². The molecule has 16 heteroatoms. The minimum atomic E-state index is -5.08. The average Bonchev–Trinajstić information content (AvgIpc) is 3.32. The van der Waals surface area contributed by atoms with Gasteiger partial charge in [0.25, 0.3) is 0 Å². The molecule has 3 saturated heterocycles.